The van der Waals surface area contributed by atoms with Crippen molar-refractivity contribution in [2.24, 2.45) is 4.99 Å². The number of para-hydroxylation sites is 1. The third-order valence-electron chi connectivity index (χ3n) is 3.18. The van der Waals surface area contributed by atoms with Gasteiger partial charge < -0.3 is 15.4 Å². The van der Waals surface area contributed by atoms with Crippen LogP contribution in [0.4, 0.5) is 10.5 Å². The lowest BCUT2D eigenvalue weighted by molar-refractivity contribution is 0.241. The Kier molecular flexibility index (Phi) is 4.27. The van der Waals surface area contributed by atoms with Crippen LogP contribution in [0.3, 0.4) is 0 Å². The Balaban J connectivity index is 1.96. The molecule has 1 atom stereocenters. The van der Waals surface area contributed by atoms with Crippen LogP contribution in [-0.2, 0) is 4.74 Å². The second-order valence-corrected chi connectivity index (χ2v) is 5.38. The van der Waals surface area contributed by atoms with Crippen LogP contribution < -0.4 is 10.6 Å². The molecule has 1 aromatic rings. The van der Waals surface area contributed by atoms with Gasteiger partial charge in [-0.2, -0.15) is 0 Å². The van der Waals surface area contributed by atoms with Crippen LogP contribution in [0.5, 0.6) is 0 Å². The number of carbonyl (C=O) groups is 1. The van der Waals surface area contributed by atoms with E-state index in [-0.39, 0.29) is 12.1 Å². The topological polar surface area (TPSA) is 62.7 Å². The summed E-state index contributed by atoms with van der Waals surface area (Å²) in [5, 5.41) is 5.67. The molecule has 1 aliphatic heterocycles. The van der Waals surface area contributed by atoms with E-state index in [0.29, 0.717) is 12.5 Å². The van der Waals surface area contributed by atoms with Gasteiger partial charge in [0.25, 0.3) is 0 Å². The van der Waals surface area contributed by atoms with E-state index in [1.54, 1.807) is 0 Å². The van der Waals surface area contributed by atoms with Crippen LogP contribution >= 0.6 is 0 Å². The first kappa shape index (κ1) is 14.4. The minimum Gasteiger partial charge on any atom is -0.477 e. The molecular formula is C15H21N3O2. The molecule has 108 valence electrons. The summed E-state index contributed by atoms with van der Waals surface area (Å²) < 4.78 is 5.58. The molecule has 1 heterocycles. The van der Waals surface area contributed by atoms with Crippen molar-refractivity contribution < 1.29 is 9.53 Å². The largest absolute Gasteiger partial charge is 0.477 e. The average molecular weight is 275 g/mol. The van der Waals surface area contributed by atoms with Gasteiger partial charge in [-0.25, -0.2) is 9.79 Å². The average Bonchev–Trinajstić information content (AvgIpc) is 2.88. The van der Waals surface area contributed by atoms with Crippen molar-refractivity contribution in [3.63, 3.8) is 0 Å². The van der Waals surface area contributed by atoms with Gasteiger partial charge in [0.15, 0.2) is 0 Å². The molecule has 0 bridgehead atoms. The number of anilines is 1. The Morgan fingerprint density at radius 2 is 2.10 bits per heavy atom. The molecule has 0 saturated heterocycles. The highest BCUT2D eigenvalue weighted by atomic mass is 16.5. The molecule has 0 unspecified atom stereocenters. The first-order chi connectivity index (χ1) is 9.51. The maximum atomic E-state index is 12.0. The highest BCUT2D eigenvalue weighted by molar-refractivity contribution is 5.96. The first-order valence-corrected chi connectivity index (χ1v) is 6.86. The molecule has 5 heteroatoms. The number of rotatable bonds is 4. The number of carbonyl (C=O) groups excluding carboxylic acids is 1. The molecule has 2 rings (SSSR count). The lowest BCUT2D eigenvalue weighted by atomic mass is 10.1. The fourth-order valence-electron chi connectivity index (χ4n) is 1.99. The van der Waals surface area contributed by atoms with Gasteiger partial charge in [0, 0.05) is 5.69 Å². The summed E-state index contributed by atoms with van der Waals surface area (Å²) in [5.41, 5.74) is 0.129. The summed E-state index contributed by atoms with van der Waals surface area (Å²) >= 11 is 0. The molecule has 0 saturated carbocycles. The van der Waals surface area contributed by atoms with Crippen LogP contribution in [0.25, 0.3) is 0 Å². The van der Waals surface area contributed by atoms with Crippen molar-refractivity contribution >= 4 is 17.6 Å². The molecule has 2 amide bonds. The van der Waals surface area contributed by atoms with Crippen LogP contribution in [-0.4, -0.2) is 30.1 Å². The standard InChI is InChI=1S/C15H21N3O2/c1-4-11-10-20-13(16-11)15(2,3)18-14(19)17-12-8-6-5-7-9-12/h5-9,11H,4,10H2,1-3H3,(H2,17,18,19)/t11-/m1/s1. The number of hydrogen-bond acceptors (Lipinski definition) is 3. The molecule has 2 N–H and O–H groups in total. The third kappa shape index (κ3) is 3.50. The SMILES string of the molecule is CC[C@@H]1COC(C(C)(C)NC(=O)Nc2ccccc2)=N1. The van der Waals surface area contributed by atoms with Gasteiger partial charge in [0.1, 0.15) is 12.1 Å². The van der Waals surface area contributed by atoms with E-state index in [4.69, 9.17) is 4.74 Å². The highest BCUT2D eigenvalue weighted by Gasteiger charge is 2.33. The lowest BCUT2D eigenvalue weighted by Crippen LogP contribution is -2.51. The van der Waals surface area contributed by atoms with Crippen molar-refractivity contribution in [3.05, 3.63) is 30.3 Å². The van der Waals surface area contributed by atoms with Crippen molar-refractivity contribution in [1.29, 1.82) is 0 Å². The van der Waals surface area contributed by atoms with Gasteiger partial charge >= 0.3 is 6.03 Å². The molecule has 5 nitrogen and oxygen atoms in total. The molecule has 0 spiro atoms. The van der Waals surface area contributed by atoms with E-state index in [9.17, 15) is 4.79 Å². The summed E-state index contributed by atoms with van der Waals surface area (Å²) in [6.07, 6.45) is 0.940. The van der Waals surface area contributed by atoms with Gasteiger partial charge in [-0.15, -0.1) is 0 Å². The van der Waals surface area contributed by atoms with E-state index >= 15 is 0 Å². The smallest absolute Gasteiger partial charge is 0.320 e. The Bertz CT molecular complexity index is 497. The number of ether oxygens (including phenoxy) is 1. The zero-order valence-electron chi connectivity index (χ0n) is 12.1. The number of hydrogen-bond donors (Lipinski definition) is 2. The van der Waals surface area contributed by atoms with Gasteiger partial charge in [0.05, 0.1) is 6.04 Å². The van der Waals surface area contributed by atoms with Crippen molar-refractivity contribution in [2.75, 3.05) is 11.9 Å². The van der Waals surface area contributed by atoms with Gasteiger partial charge in [-0.1, -0.05) is 25.1 Å². The molecule has 1 aliphatic rings. The molecular weight excluding hydrogens is 254 g/mol. The zero-order chi connectivity index (χ0) is 14.6. The number of amides is 2. The number of urea groups is 1. The van der Waals surface area contributed by atoms with Crippen LogP contribution in [0.1, 0.15) is 27.2 Å². The summed E-state index contributed by atoms with van der Waals surface area (Å²) in [7, 11) is 0. The Morgan fingerprint density at radius 1 is 1.40 bits per heavy atom. The summed E-state index contributed by atoms with van der Waals surface area (Å²) in [6, 6.07) is 9.25. The van der Waals surface area contributed by atoms with E-state index in [1.807, 2.05) is 44.2 Å². The zero-order valence-corrected chi connectivity index (χ0v) is 12.1. The van der Waals surface area contributed by atoms with E-state index in [2.05, 4.69) is 22.5 Å². The number of nitrogens with one attached hydrogen (secondary N) is 2. The van der Waals surface area contributed by atoms with Crippen LogP contribution in [0, 0.1) is 0 Å². The minimum absolute atomic E-state index is 0.197. The third-order valence-corrected chi connectivity index (χ3v) is 3.18. The molecule has 0 fully saturated rings. The van der Waals surface area contributed by atoms with Crippen molar-refractivity contribution in [1.82, 2.24) is 5.32 Å². The monoisotopic (exact) mass is 275 g/mol. The van der Waals surface area contributed by atoms with Crippen LogP contribution in [0.15, 0.2) is 35.3 Å². The lowest BCUT2D eigenvalue weighted by Gasteiger charge is -2.25. The highest BCUT2D eigenvalue weighted by Crippen LogP contribution is 2.17. The van der Waals surface area contributed by atoms with E-state index in [0.717, 1.165) is 12.1 Å². The normalized spacial score (nSPS) is 18.1. The summed E-state index contributed by atoms with van der Waals surface area (Å²) in [6.45, 7) is 6.43. The first-order valence-electron chi connectivity index (χ1n) is 6.86. The fraction of sp³-hybridized carbons (Fsp3) is 0.467. The summed E-state index contributed by atoms with van der Waals surface area (Å²) in [4.78, 5) is 16.5. The van der Waals surface area contributed by atoms with Gasteiger partial charge in [-0.05, 0) is 32.4 Å². The molecule has 1 aromatic carbocycles. The van der Waals surface area contributed by atoms with Crippen LogP contribution in [0.2, 0.25) is 0 Å². The van der Waals surface area contributed by atoms with Gasteiger partial charge in [0.2, 0.25) is 5.90 Å². The van der Waals surface area contributed by atoms with E-state index in [1.165, 1.54) is 0 Å². The van der Waals surface area contributed by atoms with Crippen molar-refractivity contribution in [3.8, 4) is 0 Å². The minimum atomic E-state index is -0.622. The number of nitrogens with zero attached hydrogens (tertiary/aromatic N) is 1. The molecule has 0 radical (unpaired) electrons. The fourth-order valence-corrected chi connectivity index (χ4v) is 1.99. The predicted octanol–water partition coefficient (Wildman–Crippen LogP) is 2.79. The van der Waals surface area contributed by atoms with E-state index < -0.39 is 5.54 Å². The Hall–Kier alpha value is -2.04. The second kappa shape index (κ2) is 5.94. The Morgan fingerprint density at radius 3 is 2.70 bits per heavy atom. The molecule has 0 aliphatic carbocycles. The molecule has 0 aromatic heterocycles. The van der Waals surface area contributed by atoms with Gasteiger partial charge in [-0.3, -0.25) is 0 Å². The van der Waals surface area contributed by atoms with Crippen molar-refractivity contribution in [2.45, 2.75) is 38.8 Å². The second-order valence-electron chi connectivity index (χ2n) is 5.38. The number of aliphatic imine (C=N–C) groups is 1. The Labute approximate surface area is 119 Å². The maximum absolute atomic E-state index is 12.0. The number of benzene rings is 1. The predicted molar refractivity (Wildman–Crippen MR) is 80.1 cm³/mol. The maximum Gasteiger partial charge on any atom is 0.320 e. The molecule has 20 heavy (non-hydrogen) atoms. The summed E-state index contributed by atoms with van der Waals surface area (Å²) in [5.74, 6) is 0.590. The quantitative estimate of drug-likeness (QED) is 0.887.